The fourth-order valence-corrected chi connectivity index (χ4v) is 2.32. The number of halogens is 1. The van der Waals surface area contributed by atoms with Crippen molar-refractivity contribution >= 4 is 17.4 Å². The highest BCUT2D eigenvalue weighted by Gasteiger charge is 2.19. The number of aryl methyl sites for hydroxylation is 1. The molecule has 0 saturated carbocycles. The highest BCUT2D eigenvalue weighted by atomic mass is 35.5. The SMILES string of the molecule is CCCNC(c1cnccc1C)c1cc(Cl)cnc1N. The first-order chi connectivity index (χ1) is 9.63. The van der Waals surface area contributed by atoms with E-state index in [2.05, 4.69) is 29.1 Å². The van der Waals surface area contributed by atoms with Gasteiger partial charge >= 0.3 is 0 Å². The highest BCUT2D eigenvalue weighted by Crippen LogP contribution is 2.29. The second-order valence-electron chi connectivity index (χ2n) is 4.75. The average molecular weight is 291 g/mol. The van der Waals surface area contributed by atoms with Crippen LogP contribution in [0, 0.1) is 6.92 Å². The van der Waals surface area contributed by atoms with E-state index in [4.69, 9.17) is 17.3 Å². The van der Waals surface area contributed by atoms with Crippen LogP contribution in [-0.2, 0) is 0 Å². The molecule has 2 rings (SSSR count). The lowest BCUT2D eigenvalue weighted by Gasteiger charge is -2.22. The number of nitrogens with two attached hydrogens (primary N) is 1. The van der Waals surface area contributed by atoms with Crippen molar-refractivity contribution < 1.29 is 0 Å². The number of aromatic nitrogens is 2. The molecule has 3 N–H and O–H groups in total. The summed E-state index contributed by atoms with van der Waals surface area (Å²) in [5, 5.41) is 4.07. The third-order valence-corrected chi connectivity index (χ3v) is 3.42. The van der Waals surface area contributed by atoms with Crippen LogP contribution in [0.5, 0.6) is 0 Å². The van der Waals surface area contributed by atoms with Crippen molar-refractivity contribution in [3.05, 3.63) is 52.4 Å². The van der Waals surface area contributed by atoms with Crippen molar-refractivity contribution in [2.24, 2.45) is 0 Å². The van der Waals surface area contributed by atoms with Gasteiger partial charge in [-0.25, -0.2) is 4.98 Å². The molecule has 0 amide bonds. The molecule has 106 valence electrons. The Morgan fingerprint density at radius 2 is 2.15 bits per heavy atom. The van der Waals surface area contributed by atoms with E-state index in [0.29, 0.717) is 10.8 Å². The number of nitrogens with zero attached hydrogens (tertiary/aromatic N) is 2. The summed E-state index contributed by atoms with van der Waals surface area (Å²) in [6.45, 7) is 5.07. The quantitative estimate of drug-likeness (QED) is 0.888. The molecule has 5 heteroatoms. The predicted octanol–water partition coefficient (Wildman–Crippen LogP) is 3.11. The van der Waals surface area contributed by atoms with Gasteiger partial charge in [0.25, 0.3) is 0 Å². The molecule has 0 fully saturated rings. The summed E-state index contributed by atoms with van der Waals surface area (Å²) < 4.78 is 0. The maximum atomic E-state index is 6.06. The minimum atomic E-state index is -0.0464. The van der Waals surface area contributed by atoms with E-state index in [1.54, 1.807) is 12.4 Å². The first-order valence-corrected chi connectivity index (χ1v) is 7.06. The van der Waals surface area contributed by atoms with Crippen molar-refractivity contribution in [2.75, 3.05) is 12.3 Å². The van der Waals surface area contributed by atoms with Crippen molar-refractivity contribution in [2.45, 2.75) is 26.3 Å². The zero-order valence-electron chi connectivity index (χ0n) is 11.7. The van der Waals surface area contributed by atoms with E-state index in [1.807, 2.05) is 18.3 Å². The lowest BCUT2D eigenvalue weighted by molar-refractivity contribution is 0.594. The largest absolute Gasteiger partial charge is 0.383 e. The standard InChI is InChI=1S/C15H19ClN4/c1-3-5-19-14(13-9-18-6-4-10(13)2)12-7-11(16)8-20-15(12)17/h4,6-9,14,19H,3,5H2,1-2H3,(H2,17,20). The molecule has 4 nitrogen and oxygen atoms in total. The van der Waals surface area contributed by atoms with Crippen LogP contribution in [0.4, 0.5) is 5.82 Å². The molecule has 0 aliphatic carbocycles. The van der Waals surface area contributed by atoms with Crippen molar-refractivity contribution in [3.63, 3.8) is 0 Å². The molecular weight excluding hydrogens is 272 g/mol. The number of pyridine rings is 2. The minimum Gasteiger partial charge on any atom is -0.383 e. The monoisotopic (exact) mass is 290 g/mol. The molecule has 20 heavy (non-hydrogen) atoms. The normalized spacial score (nSPS) is 12.3. The predicted molar refractivity (Wildman–Crippen MR) is 82.8 cm³/mol. The van der Waals surface area contributed by atoms with Crippen LogP contribution in [0.25, 0.3) is 0 Å². The summed E-state index contributed by atoms with van der Waals surface area (Å²) in [6.07, 6.45) is 6.25. The van der Waals surface area contributed by atoms with Gasteiger partial charge in [-0.2, -0.15) is 0 Å². The number of rotatable bonds is 5. The third kappa shape index (κ3) is 3.26. The molecular formula is C15H19ClN4. The van der Waals surface area contributed by atoms with E-state index in [0.717, 1.165) is 29.7 Å². The Morgan fingerprint density at radius 1 is 1.35 bits per heavy atom. The van der Waals surface area contributed by atoms with Crippen LogP contribution in [0.15, 0.2) is 30.7 Å². The summed E-state index contributed by atoms with van der Waals surface area (Å²) in [4.78, 5) is 8.37. The van der Waals surface area contributed by atoms with Gasteiger partial charge in [-0.1, -0.05) is 18.5 Å². The van der Waals surface area contributed by atoms with Crippen LogP contribution in [0.3, 0.4) is 0 Å². The maximum absolute atomic E-state index is 6.06. The second kappa shape index (κ2) is 6.68. The van der Waals surface area contributed by atoms with E-state index >= 15 is 0 Å². The van der Waals surface area contributed by atoms with Gasteiger partial charge in [0, 0.05) is 24.2 Å². The Balaban J connectivity index is 2.47. The van der Waals surface area contributed by atoms with Crippen molar-refractivity contribution in [3.8, 4) is 0 Å². The summed E-state index contributed by atoms with van der Waals surface area (Å²) in [5.74, 6) is 0.492. The molecule has 2 aromatic rings. The van der Waals surface area contributed by atoms with Crippen LogP contribution < -0.4 is 11.1 Å². The maximum Gasteiger partial charge on any atom is 0.128 e. The van der Waals surface area contributed by atoms with Crippen LogP contribution in [-0.4, -0.2) is 16.5 Å². The first-order valence-electron chi connectivity index (χ1n) is 6.68. The number of anilines is 1. The van der Waals surface area contributed by atoms with E-state index < -0.39 is 0 Å². The zero-order valence-corrected chi connectivity index (χ0v) is 12.5. The van der Waals surface area contributed by atoms with E-state index in [1.165, 1.54) is 0 Å². The molecule has 0 aliphatic rings. The van der Waals surface area contributed by atoms with Crippen LogP contribution in [0.1, 0.15) is 36.1 Å². The molecule has 1 unspecified atom stereocenters. The summed E-state index contributed by atoms with van der Waals surface area (Å²) in [5.41, 5.74) is 9.16. The van der Waals surface area contributed by atoms with Gasteiger partial charge in [-0.3, -0.25) is 4.98 Å². The van der Waals surface area contributed by atoms with Crippen molar-refractivity contribution in [1.29, 1.82) is 0 Å². The van der Waals surface area contributed by atoms with Crippen LogP contribution >= 0.6 is 11.6 Å². The van der Waals surface area contributed by atoms with Crippen LogP contribution in [0.2, 0.25) is 5.02 Å². The second-order valence-corrected chi connectivity index (χ2v) is 5.18. The van der Waals surface area contributed by atoms with Gasteiger partial charge in [0.05, 0.1) is 11.1 Å². The minimum absolute atomic E-state index is 0.0464. The molecule has 2 heterocycles. The fourth-order valence-electron chi connectivity index (χ4n) is 2.15. The first kappa shape index (κ1) is 14.8. The molecule has 2 aromatic heterocycles. The van der Waals surface area contributed by atoms with E-state index in [-0.39, 0.29) is 6.04 Å². The molecule has 0 aliphatic heterocycles. The summed E-state index contributed by atoms with van der Waals surface area (Å²) in [6, 6.07) is 3.81. The molecule has 0 spiro atoms. The Labute approximate surface area is 124 Å². The molecule has 0 bridgehead atoms. The lowest BCUT2D eigenvalue weighted by Crippen LogP contribution is -2.25. The fraction of sp³-hybridized carbons (Fsp3) is 0.333. The number of hydrogen-bond donors (Lipinski definition) is 2. The third-order valence-electron chi connectivity index (χ3n) is 3.22. The van der Waals surface area contributed by atoms with Gasteiger partial charge in [0.2, 0.25) is 0 Å². The molecule has 1 atom stereocenters. The Bertz CT molecular complexity index is 586. The van der Waals surface area contributed by atoms with E-state index in [9.17, 15) is 0 Å². The molecule has 0 saturated heterocycles. The Hall–Kier alpha value is -1.65. The van der Waals surface area contributed by atoms with Gasteiger partial charge in [-0.05, 0) is 43.1 Å². The number of nitrogens with one attached hydrogen (secondary N) is 1. The smallest absolute Gasteiger partial charge is 0.128 e. The number of nitrogen functional groups attached to an aromatic ring is 1. The Kier molecular flexibility index (Phi) is 4.93. The van der Waals surface area contributed by atoms with Gasteiger partial charge < -0.3 is 11.1 Å². The van der Waals surface area contributed by atoms with Gasteiger partial charge in [0.15, 0.2) is 0 Å². The topological polar surface area (TPSA) is 63.8 Å². The van der Waals surface area contributed by atoms with Gasteiger partial charge in [0.1, 0.15) is 5.82 Å². The molecule has 0 radical (unpaired) electrons. The lowest BCUT2D eigenvalue weighted by atomic mass is 9.97. The molecule has 0 aromatic carbocycles. The van der Waals surface area contributed by atoms with Gasteiger partial charge in [-0.15, -0.1) is 0 Å². The number of hydrogen-bond acceptors (Lipinski definition) is 4. The summed E-state index contributed by atoms with van der Waals surface area (Å²) in [7, 11) is 0. The van der Waals surface area contributed by atoms with Crippen molar-refractivity contribution in [1.82, 2.24) is 15.3 Å². The Morgan fingerprint density at radius 3 is 2.85 bits per heavy atom. The zero-order chi connectivity index (χ0) is 14.5. The summed E-state index contributed by atoms with van der Waals surface area (Å²) >= 11 is 6.06. The average Bonchev–Trinajstić information content (AvgIpc) is 2.44. The highest BCUT2D eigenvalue weighted by molar-refractivity contribution is 6.30.